The minimum atomic E-state index is -3.83. The van der Waals surface area contributed by atoms with Crippen molar-refractivity contribution in [3.8, 4) is 0 Å². The molecule has 0 saturated heterocycles. The van der Waals surface area contributed by atoms with E-state index in [9.17, 15) is 12.8 Å². The van der Waals surface area contributed by atoms with E-state index in [1.54, 1.807) is 6.07 Å². The van der Waals surface area contributed by atoms with Crippen LogP contribution in [-0.2, 0) is 10.0 Å². The molecule has 1 aromatic carbocycles. The number of pyridine rings is 1. The largest absolute Gasteiger partial charge is 0.366 e. The van der Waals surface area contributed by atoms with Crippen molar-refractivity contribution >= 4 is 15.8 Å². The Kier molecular flexibility index (Phi) is 3.38. The van der Waals surface area contributed by atoms with Crippen molar-refractivity contribution in [2.45, 2.75) is 23.3 Å². The van der Waals surface area contributed by atoms with Crippen LogP contribution in [0.3, 0.4) is 0 Å². The predicted octanol–water partition coefficient (Wildman–Crippen LogP) is 1.84. The number of rotatable bonds is 4. The Hall–Kier alpha value is -1.99. The van der Waals surface area contributed by atoms with E-state index >= 15 is 0 Å². The molecule has 0 bridgehead atoms. The number of benzene rings is 1. The molecule has 0 amide bonds. The van der Waals surface area contributed by atoms with Crippen molar-refractivity contribution in [3.63, 3.8) is 0 Å². The van der Waals surface area contributed by atoms with Crippen molar-refractivity contribution < 1.29 is 12.8 Å². The standard InChI is InChI=1S/C14H14FN3O2S/c15-10-4-1-3-9(7-10)11-8-12(11)18-14-13(21(16,19)20)5-2-6-17-14/h1-7,11-12H,8H2,(H,17,18)(H2,16,19,20)/t11-,12+/m0/s1. The van der Waals surface area contributed by atoms with Crippen LogP contribution in [0, 0.1) is 5.82 Å². The molecule has 110 valence electrons. The van der Waals surface area contributed by atoms with E-state index in [0.29, 0.717) is 0 Å². The van der Waals surface area contributed by atoms with Gasteiger partial charge in [0.2, 0.25) is 10.0 Å². The lowest BCUT2D eigenvalue weighted by Gasteiger charge is -2.09. The first kappa shape index (κ1) is 14.0. The number of nitrogens with zero attached hydrogens (tertiary/aromatic N) is 1. The first-order chi connectivity index (χ1) is 9.95. The van der Waals surface area contributed by atoms with Gasteiger partial charge in [-0.15, -0.1) is 0 Å². The number of nitrogens with two attached hydrogens (primary N) is 1. The van der Waals surface area contributed by atoms with Gasteiger partial charge in [0.15, 0.2) is 0 Å². The molecule has 1 fully saturated rings. The smallest absolute Gasteiger partial charge is 0.241 e. The summed E-state index contributed by atoms with van der Waals surface area (Å²) in [5.41, 5.74) is 0.889. The summed E-state index contributed by atoms with van der Waals surface area (Å²) in [5.74, 6) is 0.112. The van der Waals surface area contributed by atoms with E-state index in [4.69, 9.17) is 5.14 Å². The fourth-order valence-electron chi connectivity index (χ4n) is 2.36. The number of hydrogen-bond donors (Lipinski definition) is 2. The molecule has 0 unspecified atom stereocenters. The zero-order valence-corrected chi connectivity index (χ0v) is 11.8. The van der Waals surface area contributed by atoms with Gasteiger partial charge in [-0.05, 0) is 36.2 Å². The lowest BCUT2D eigenvalue weighted by Crippen LogP contribution is -2.17. The zero-order valence-electron chi connectivity index (χ0n) is 11.0. The van der Waals surface area contributed by atoms with E-state index in [1.807, 2.05) is 6.07 Å². The van der Waals surface area contributed by atoms with Crippen molar-refractivity contribution in [2.75, 3.05) is 5.32 Å². The second-order valence-electron chi connectivity index (χ2n) is 5.04. The van der Waals surface area contributed by atoms with Gasteiger partial charge in [-0.2, -0.15) is 0 Å². The van der Waals surface area contributed by atoms with E-state index < -0.39 is 10.0 Å². The summed E-state index contributed by atoms with van der Waals surface area (Å²) in [6.45, 7) is 0. The highest BCUT2D eigenvalue weighted by molar-refractivity contribution is 7.89. The molecule has 0 radical (unpaired) electrons. The Labute approximate surface area is 122 Å². The van der Waals surface area contributed by atoms with Crippen LogP contribution in [0.15, 0.2) is 47.5 Å². The third-order valence-corrected chi connectivity index (χ3v) is 4.41. The normalized spacial score (nSPS) is 21.0. The van der Waals surface area contributed by atoms with Crippen LogP contribution in [0.1, 0.15) is 17.9 Å². The number of primary sulfonamides is 1. The molecule has 1 saturated carbocycles. The van der Waals surface area contributed by atoms with Crippen LogP contribution in [0.4, 0.5) is 10.2 Å². The van der Waals surface area contributed by atoms with Crippen LogP contribution in [0.2, 0.25) is 0 Å². The van der Waals surface area contributed by atoms with Crippen LogP contribution >= 0.6 is 0 Å². The number of halogens is 1. The molecule has 1 aliphatic rings. The minimum Gasteiger partial charge on any atom is -0.366 e. The molecule has 0 spiro atoms. The Bertz CT molecular complexity index is 779. The van der Waals surface area contributed by atoms with Gasteiger partial charge in [0.1, 0.15) is 16.5 Å². The maximum absolute atomic E-state index is 13.2. The fraction of sp³-hybridized carbons (Fsp3) is 0.214. The average Bonchev–Trinajstić information content (AvgIpc) is 3.17. The molecular weight excluding hydrogens is 293 g/mol. The maximum Gasteiger partial charge on any atom is 0.241 e. The molecule has 1 aromatic heterocycles. The topological polar surface area (TPSA) is 85.1 Å². The highest BCUT2D eigenvalue weighted by atomic mass is 32.2. The van der Waals surface area contributed by atoms with Gasteiger partial charge in [0, 0.05) is 18.2 Å². The molecule has 3 rings (SSSR count). The minimum absolute atomic E-state index is 0.0298. The Morgan fingerprint density at radius 2 is 2.10 bits per heavy atom. The number of sulfonamides is 1. The average molecular weight is 307 g/mol. The van der Waals surface area contributed by atoms with Gasteiger partial charge in [-0.3, -0.25) is 0 Å². The number of anilines is 1. The summed E-state index contributed by atoms with van der Waals surface area (Å²) in [5, 5.41) is 8.23. The molecule has 3 N–H and O–H groups in total. The monoisotopic (exact) mass is 307 g/mol. The molecule has 1 aliphatic carbocycles. The van der Waals surface area contributed by atoms with Gasteiger partial charge >= 0.3 is 0 Å². The molecule has 2 aromatic rings. The van der Waals surface area contributed by atoms with Crippen LogP contribution in [0.25, 0.3) is 0 Å². The lowest BCUT2D eigenvalue weighted by atomic mass is 10.1. The first-order valence-corrected chi connectivity index (χ1v) is 7.99. The first-order valence-electron chi connectivity index (χ1n) is 6.45. The van der Waals surface area contributed by atoms with E-state index in [0.717, 1.165) is 12.0 Å². The second kappa shape index (κ2) is 5.09. The Morgan fingerprint density at radius 1 is 1.29 bits per heavy atom. The third-order valence-electron chi connectivity index (χ3n) is 3.47. The third kappa shape index (κ3) is 3.03. The molecule has 0 aliphatic heterocycles. The highest BCUT2D eigenvalue weighted by Gasteiger charge is 2.39. The van der Waals surface area contributed by atoms with Gasteiger partial charge in [0.05, 0.1) is 0 Å². The maximum atomic E-state index is 13.2. The molecule has 1 heterocycles. The second-order valence-corrected chi connectivity index (χ2v) is 6.57. The molecular formula is C14H14FN3O2S. The number of aromatic nitrogens is 1. The van der Waals surface area contributed by atoms with Crippen molar-refractivity contribution in [3.05, 3.63) is 54.0 Å². The summed E-state index contributed by atoms with van der Waals surface area (Å²) in [7, 11) is -3.83. The van der Waals surface area contributed by atoms with Gasteiger partial charge in [-0.25, -0.2) is 22.9 Å². The summed E-state index contributed by atoms with van der Waals surface area (Å²) in [6, 6.07) is 9.36. The zero-order chi connectivity index (χ0) is 15.0. The molecule has 2 atom stereocenters. The molecule has 7 heteroatoms. The van der Waals surface area contributed by atoms with Gasteiger partial charge in [-0.1, -0.05) is 12.1 Å². The Balaban J connectivity index is 1.79. The summed E-state index contributed by atoms with van der Waals surface area (Å²) in [4.78, 5) is 3.99. The van der Waals surface area contributed by atoms with Crippen molar-refractivity contribution in [1.29, 1.82) is 0 Å². The van der Waals surface area contributed by atoms with E-state index in [-0.39, 0.29) is 28.5 Å². The molecule has 5 nitrogen and oxygen atoms in total. The fourth-order valence-corrected chi connectivity index (χ4v) is 3.01. The number of nitrogens with one attached hydrogen (secondary N) is 1. The van der Waals surface area contributed by atoms with Gasteiger partial charge < -0.3 is 5.32 Å². The van der Waals surface area contributed by atoms with Crippen LogP contribution < -0.4 is 10.5 Å². The quantitative estimate of drug-likeness (QED) is 0.902. The summed E-state index contributed by atoms with van der Waals surface area (Å²) < 4.78 is 36.2. The van der Waals surface area contributed by atoms with Crippen molar-refractivity contribution in [1.82, 2.24) is 4.98 Å². The lowest BCUT2D eigenvalue weighted by molar-refractivity contribution is 0.597. The predicted molar refractivity (Wildman–Crippen MR) is 76.8 cm³/mol. The SMILES string of the molecule is NS(=O)(=O)c1cccnc1N[C@@H]1C[C@H]1c1cccc(F)c1. The number of hydrogen-bond acceptors (Lipinski definition) is 4. The highest BCUT2D eigenvalue weighted by Crippen LogP contribution is 2.43. The van der Waals surface area contributed by atoms with Crippen LogP contribution in [-0.4, -0.2) is 19.4 Å². The summed E-state index contributed by atoms with van der Waals surface area (Å²) in [6.07, 6.45) is 2.29. The summed E-state index contributed by atoms with van der Waals surface area (Å²) >= 11 is 0. The van der Waals surface area contributed by atoms with Gasteiger partial charge in [0.25, 0.3) is 0 Å². The van der Waals surface area contributed by atoms with Crippen molar-refractivity contribution in [2.24, 2.45) is 5.14 Å². The molecule has 21 heavy (non-hydrogen) atoms. The van der Waals surface area contributed by atoms with E-state index in [1.165, 1.54) is 30.5 Å². The van der Waals surface area contributed by atoms with Crippen LogP contribution in [0.5, 0.6) is 0 Å². The van der Waals surface area contributed by atoms with E-state index in [2.05, 4.69) is 10.3 Å². The Morgan fingerprint density at radius 3 is 2.81 bits per heavy atom.